The first kappa shape index (κ1) is 18.1. The predicted octanol–water partition coefficient (Wildman–Crippen LogP) is 3.80. The van der Waals surface area contributed by atoms with Crippen molar-refractivity contribution in [3.8, 4) is 0 Å². The zero-order chi connectivity index (χ0) is 19.7. The number of para-hydroxylation sites is 1. The first-order valence-electron chi connectivity index (χ1n) is 8.55. The molecule has 1 saturated heterocycles. The van der Waals surface area contributed by atoms with Gasteiger partial charge in [-0.2, -0.15) is 0 Å². The standard InChI is InChI=1S/C21H16N2O4S/c1-27-20(25)14-8-6-13(7-9-14)11-23-12-15(16-4-2-3-5-17(16)23)10-18-19(24)22-21(26)28-18/h2-10,12H,11H2,1H3,(H,22,24,26)/b18-10+. The maximum atomic E-state index is 11.9. The number of rotatable bonds is 4. The molecule has 6 nitrogen and oxygen atoms in total. The number of benzene rings is 2. The van der Waals surface area contributed by atoms with E-state index in [9.17, 15) is 14.4 Å². The fourth-order valence-electron chi connectivity index (χ4n) is 3.14. The van der Waals surface area contributed by atoms with Gasteiger partial charge in [0.15, 0.2) is 0 Å². The molecule has 3 aromatic rings. The minimum atomic E-state index is -0.370. The molecule has 140 valence electrons. The molecule has 2 amide bonds. The molecule has 0 bridgehead atoms. The van der Waals surface area contributed by atoms with Crippen molar-refractivity contribution in [2.45, 2.75) is 6.54 Å². The molecule has 1 fully saturated rings. The van der Waals surface area contributed by atoms with Gasteiger partial charge in [-0.3, -0.25) is 14.9 Å². The second-order valence-corrected chi connectivity index (χ2v) is 7.28. The Balaban J connectivity index is 1.69. The number of hydrogen-bond donors (Lipinski definition) is 1. The summed E-state index contributed by atoms with van der Waals surface area (Å²) in [6.45, 7) is 0.601. The van der Waals surface area contributed by atoms with Crippen LogP contribution in [0.2, 0.25) is 0 Å². The molecule has 1 aliphatic heterocycles. The first-order chi connectivity index (χ1) is 13.5. The Bertz CT molecular complexity index is 1130. The highest BCUT2D eigenvalue weighted by molar-refractivity contribution is 8.18. The summed E-state index contributed by atoms with van der Waals surface area (Å²) in [4.78, 5) is 35.3. The summed E-state index contributed by atoms with van der Waals surface area (Å²) >= 11 is 0.905. The maximum absolute atomic E-state index is 11.9. The van der Waals surface area contributed by atoms with E-state index in [0.29, 0.717) is 17.0 Å². The lowest BCUT2D eigenvalue weighted by molar-refractivity contribution is -0.115. The maximum Gasteiger partial charge on any atom is 0.337 e. The smallest absolute Gasteiger partial charge is 0.337 e. The zero-order valence-corrected chi connectivity index (χ0v) is 15.8. The van der Waals surface area contributed by atoms with Gasteiger partial charge in [0.1, 0.15) is 0 Å². The highest BCUT2D eigenvalue weighted by atomic mass is 32.2. The molecule has 1 aliphatic rings. The van der Waals surface area contributed by atoms with Crippen LogP contribution in [0.25, 0.3) is 17.0 Å². The van der Waals surface area contributed by atoms with Crippen molar-refractivity contribution in [3.05, 3.63) is 76.3 Å². The molecule has 0 unspecified atom stereocenters. The largest absolute Gasteiger partial charge is 0.465 e. The van der Waals surface area contributed by atoms with Gasteiger partial charge in [0.2, 0.25) is 0 Å². The molecule has 0 atom stereocenters. The van der Waals surface area contributed by atoms with Crippen molar-refractivity contribution in [1.29, 1.82) is 0 Å². The third-order valence-electron chi connectivity index (χ3n) is 4.48. The van der Waals surface area contributed by atoms with Gasteiger partial charge in [-0.25, -0.2) is 4.79 Å². The number of methoxy groups -OCH3 is 1. The van der Waals surface area contributed by atoms with Crippen LogP contribution in [0.1, 0.15) is 21.5 Å². The number of thioether (sulfide) groups is 1. The highest BCUT2D eigenvalue weighted by Gasteiger charge is 2.25. The fourth-order valence-corrected chi connectivity index (χ4v) is 3.82. The van der Waals surface area contributed by atoms with E-state index in [2.05, 4.69) is 9.88 Å². The Morgan fingerprint density at radius 3 is 2.57 bits per heavy atom. The minimum Gasteiger partial charge on any atom is -0.465 e. The molecule has 7 heteroatoms. The second kappa shape index (κ2) is 7.36. The van der Waals surface area contributed by atoms with Crippen LogP contribution in [0, 0.1) is 0 Å². The monoisotopic (exact) mass is 392 g/mol. The normalized spacial score (nSPS) is 15.2. The molecular weight excluding hydrogens is 376 g/mol. The Hall–Kier alpha value is -3.32. The molecule has 28 heavy (non-hydrogen) atoms. The predicted molar refractivity (Wildman–Crippen MR) is 108 cm³/mol. The minimum absolute atomic E-state index is 0.356. The number of esters is 1. The highest BCUT2D eigenvalue weighted by Crippen LogP contribution is 2.30. The lowest BCUT2D eigenvalue weighted by atomic mass is 10.1. The summed E-state index contributed by atoms with van der Waals surface area (Å²) in [6.07, 6.45) is 3.70. The van der Waals surface area contributed by atoms with Gasteiger partial charge in [-0.15, -0.1) is 0 Å². The van der Waals surface area contributed by atoms with Crippen molar-refractivity contribution < 1.29 is 19.1 Å². The van der Waals surface area contributed by atoms with Crippen molar-refractivity contribution >= 4 is 45.9 Å². The number of amides is 2. The van der Waals surface area contributed by atoms with Gasteiger partial charge in [-0.1, -0.05) is 30.3 Å². The van der Waals surface area contributed by atoms with Crippen LogP contribution in [0.5, 0.6) is 0 Å². The van der Waals surface area contributed by atoms with Crippen molar-refractivity contribution in [2.75, 3.05) is 7.11 Å². The summed E-state index contributed by atoms with van der Waals surface area (Å²) in [6, 6.07) is 15.1. The van der Waals surface area contributed by atoms with Gasteiger partial charge < -0.3 is 9.30 Å². The molecule has 2 heterocycles. The first-order valence-corrected chi connectivity index (χ1v) is 9.37. The molecule has 4 rings (SSSR count). The van der Waals surface area contributed by atoms with Crippen molar-refractivity contribution in [2.24, 2.45) is 0 Å². The number of fused-ring (bicyclic) bond motifs is 1. The Morgan fingerprint density at radius 1 is 1.14 bits per heavy atom. The summed E-state index contributed by atoms with van der Waals surface area (Å²) < 4.78 is 6.80. The van der Waals surface area contributed by atoms with E-state index in [1.165, 1.54) is 7.11 Å². The molecule has 0 radical (unpaired) electrons. The van der Waals surface area contributed by atoms with Crippen LogP contribution in [0.3, 0.4) is 0 Å². The van der Waals surface area contributed by atoms with E-state index < -0.39 is 0 Å². The van der Waals surface area contributed by atoms with Crippen LogP contribution < -0.4 is 5.32 Å². The third-order valence-corrected chi connectivity index (χ3v) is 5.29. The summed E-state index contributed by atoms with van der Waals surface area (Å²) in [5.41, 5.74) is 3.41. The van der Waals surface area contributed by atoms with Gasteiger partial charge >= 0.3 is 5.97 Å². The van der Waals surface area contributed by atoms with E-state index in [1.807, 2.05) is 42.6 Å². The van der Waals surface area contributed by atoms with E-state index in [4.69, 9.17) is 4.74 Å². The van der Waals surface area contributed by atoms with Crippen molar-refractivity contribution in [3.63, 3.8) is 0 Å². The number of hydrogen-bond acceptors (Lipinski definition) is 5. The number of aromatic nitrogens is 1. The third kappa shape index (κ3) is 3.44. The number of nitrogens with one attached hydrogen (secondary N) is 1. The van der Waals surface area contributed by atoms with Gasteiger partial charge in [0.05, 0.1) is 17.6 Å². The molecular formula is C21H16N2O4S. The van der Waals surface area contributed by atoms with E-state index in [0.717, 1.165) is 33.8 Å². The Kier molecular flexibility index (Phi) is 4.75. The van der Waals surface area contributed by atoms with Crippen LogP contribution in [-0.4, -0.2) is 28.8 Å². The van der Waals surface area contributed by atoms with Gasteiger partial charge in [0, 0.05) is 29.2 Å². The van der Waals surface area contributed by atoms with Gasteiger partial charge in [0.25, 0.3) is 11.1 Å². The van der Waals surface area contributed by atoms with E-state index >= 15 is 0 Å². The number of ether oxygens (including phenoxy) is 1. The van der Waals surface area contributed by atoms with E-state index in [-0.39, 0.29) is 17.1 Å². The molecule has 2 aromatic carbocycles. The summed E-state index contributed by atoms with van der Waals surface area (Å²) in [5.74, 6) is -0.737. The Morgan fingerprint density at radius 2 is 1.89 bits per heavy atom. The lowest BCUT2D eigenvalue weighted by Crippen LogP contribution is -2.17. The fraction of sp³-hybridized carbons (Fsp3) is 0.0952. The SMILES string of the molecule is COC(=O)c1ccc(Cn2cc(/C=C3/SC(=O)NC3=O)c3ccccc32)cc1. The van der Waals surface area contributed by atoms with Crippen LogP contribution >= 0.6 is 11.8 Å². The quantitative estimate of drug-likeness (QED) is 0.540. The number of carbonyl (C=O) groups excluding carboxylic acids is 3. The lowest BCUT2D eigenvalue weighted by Gasteiger charge is -2.06. The average Bonchev–Trinajstić information content (AvgIpc) is 3.21. The topological polar surface area (TPSA) is 77.4 Å². The summed E-state index contributed by atoms with van der Waals surface area (Å²) in [7, 11) is 1.36. The number of nitrogens with zero attached hydrogens (tertiary/aromatic N) is 1. The average molecular weight is 392 g/mol. The molecule has 1 aromatic heterocycles. The molecule has 0 saturated carbocycles. The molecule has 0 spiro atoms. The zero-order valence-electron chi connectivity index (χ0n) is 15.0. The van der Waals surface area contributed by atoms with Crippen LogP contribution in [-0.2, 0) is 16.1 Å². The molecule has 1 N–H and O–H groups in total. The van der Waals surface area contributed by atoms with Crippen molar-refractivity contribution in [1.82, 2.24) is 9.88 Å². The Labute approximate surface area is 165 Å². The van der Waals surface area contributed by atoms with Crippen LogP contribution in [0.4, 0.5) is 4.79 Å². The molecule has 0 aliphatic carbocycles. The van der Waals surface area contributed by atoms with Crippen LogP contribution in [0.15, 0.2) is 59.6 Å². The van der Waals surface area contributed by atoms with Gasteiger partial charge in [-0.05, 0) is 41.6 Å². The second-order valence-electron chi connectivity index (χ2n) is 6.27. The summed E-state index contributed by atoms with van der Waals surface area (Å²) in [5, 5.41) is 2.91. The number of carbonyl (C=O) groups is 3. The van der Waals surface area contributed by atoms with E-state index in [1.54, 1.807) is 18.2 Å². The number of imide groups is 1.